The molecule has 1 aliphatic heterocycles. The number of hydrogen-bond donors (Lipinski definition) is 0. The number of carbonyl (C=O) groups excluding carboxylic acids is 2. The highest BCUT2D eigenvalue weighted by Crippen LogP contribution is 2.31. The van der Waals surface area contributed by atoms with Crippen molar-refractivity contribution < 1.29 is 37.3 Å². The predicted molar refractivity (Wildman–Crippen MR) is 98.0 cm³/mol. The van der Waals surface area contributed by atoms with Gasteiger partial charge in [0.1, 0.15) is 0 Å². The molecule has 0 radical (unpaired) electrons. The predicted octanol–water partition coefficient (Wildman–Crippen LogP) is 3.43. The molecule has 0 N–H and O–H groups in total. The van der Waals surface area contributed by atoms with Crippen LogP contribution in [-0.2, 0) is 14.3 Å². The van der Waals surface area contributed by atoms with Gasteiger partial charge in [0.25, 0.3) is 0 Å². The highest BCUT2D eigenvalue weighted by atomic mass is 19.3. The Morgan fingerprint density at radius 1 is 1.10 bits per heavy atom. The van der Waals surface area contributed by atoms with Crippen molar-refractivity contribution in [1.82, 2.24) is 0 Å². The third kappa shape index (κ3) is 4.57. The van der Waals surface area contributed by atoms with Gasteiger partial charge in [-0.3, -0.25) is 0 Å². The van der Waals surface area contributed by atoms with E-state index in [1.54, 1.807) is 24.3 Å². The number of hydrogen-bond acceptors (Lipinski definition) is 7. The molecule has 0 fully saturated rings. The van der Waals surface area contributed by atoms with Crippen LogP contribution in [0.3, 0.4) is 0 Å². The minimum absolute atomic E-state index is 0.00525. The number of methoxy groups -OCH3 is 2. The van der Waals surface area contributed by atoms with Crippen LogP contribution in [0.1, 0.15) is 21.5 Å². The molecular formula is C20H15F2NO6. The van der Waals surface area contributed by atoms with Crippen molar-refractivity contribution in [2.75, 3.05) is 14.2 Å². The molecule has 0 amide bonds. The highest BCUT2D eigenvalue weighted by Gasteiger charge is 2.25. The van der Waals surface area contributed by atoms with Crippen molar-refractivity contribution >= 4 is 23.9 Å². The van der Waals surface area contributed by atoms with E-state index in [0.717, 1.165) is 0 Å². The molecule has 150 valence electrons. The summed E-state index contributed by atoms with van der Waals surface area (Å²) in [6.45, 7) is -3.00. The summed E-state index contributed by atoms with van der Waals surface area (Å²) in [6.07, 6.45) is 1.49. The van der Waals surface area contributed by atoms with Gasteiger partial charge in [0.05, 0.1) is 19.8 Å². The summed E-state index contributed by atoms with van der Waals surface area (Å²) in [5.41, 5.74) is 1.37. The molecule has 2 aromatic carbocycles. The Balaban J connectivity index is 1.86. The first kappa shape index (κ1) is 20.0. The van der Waals surface area contributed by atoms with Gasteiger partial charge in [0, 0.05) is 5.56 Å². The van der Waals surface area contributed by atoms with E-state index in [1.165, 1.54) is 38.5 Å². The van der Waals surface area contributed by atoms with Gasteiger partial charge in [0.2, 0.25) is 5.90 Å². The summed E-state index contributed by atoms with van der Waals surface area (Å²) in [5, 5.41) is 0. The lowest BCUT2D eigenvalue weighted by atomic mass is 10.1. The minimum atomic E-state index is -3.00. The standard InChI is InChI=1S/C20H15F2NO6/c1-26-16-10-13(7-8-15(16)28-20(21)22)17-23-14(19(25)29-17)9-11-3-5-12(6-4-11)18(24)27-2/h3-10,20H,1-2H3/b14-9-. The maximum absolute atomic E-state index is 12.4. The van der Waals surface area contributed by atoms with Crippen molar-refractivity contribution in [3.63, 3.8) is 0 Å². The van der Waals surface area contributed by atoms with Crippen molar-refractivity contribution in [2.45, 2.75) is 6.61 Å². The van der Waals surface area contributed by atoms with E-state index in [4.69, 9.17) is 9.47 Å². The van der Waals surface area contributed by atoms with Crippen LogP contribution in [0.5, 0.6) is 11.5 Å². The van der Waals surface area contributed by atoms with Gasteiger partial charge in [0.15, 0.2) is 17.2 Å². The van der Waals surface area contributed by atoms with Crippen LogP contribution in [0.2, 0.25) is 0 Å². The summed E-state index contributed by atoms with van der Waals surface area (Å²) in [6, 6.07) is 10.4. The van der Waals surface area contributed by atoms with Crippen LogP contribution in [0, 0.1) is 0 Å². The number of carbonyl (C=O) groups is 2. The lowest BCUT2D eigenvalue weighted by molar-refractivity contribution is -0.129. The zero-order chi connectivity index (χ0) is 21.0. The molecule has 3 rings (SSSR count). The van der Waals surface area contributed by atoms with E-state index in [-0.39, 0.29) is 23.1 Å². The number of ether oxygens (including phenoxy) is 4. The van der Waals surface area contributed by atoms with Crippen LogP contribution < -0.4 is 9.47 Å². The molecule has 7 nitrogen and oxygen atoms in total. The quantitative estimate of drug-likeness (QED) is 0.543. The molecule has 0 aromatic heterocycles. The molecule has 0 saturated carbocycles. The molecule has 0 unspecified atom stereocenters. The number of halogens is 2. The zero-order valence-corrected chi connectivity index (χ0v) is 15.3. The molecule has 1 heterocycles. The average Bonchev–Trinajstić information content (AvgIpc) is 3.08. The Kier molecular flexibility index (Phi) is 5.87. The van der Waals surface area contributed by atoms with E-state index in [9.17, 15) is 18.4 Å². The molecular weight excluding hydrogens is 388 g/mol. The van der Waals surface area contributed by atoms with E-state index < -0.39 is 18.6 Å². The number of cyclic esters (lactones) is 1. The van der Waals surface area contributed by atoms with Crippen LogP contribution in [0.25, 0.3) is 6.08 Å². The summed E-state index contributed by atoms with van der Waals surface area (Å²) in [5.74, 6) is -1.27. The van der Waals surface area contributed by atoms with Crippen LogP contribution in [-0.4, -0.2) is 38.7 Å². The first-order valence-electron chi connectivity index (χ1n) is 8.25. The normalized spacial score (nSPS) is 14.6. The molecule has 1 aliphatic rings. The first-order chi connectivity index (χ1) is 13.9. The van der Waals surface area contributed by atoms with Gasteiger partial charge in [-0.25, -0.2) is 14.6 Å². The van der Waals surface area contributed by atoms with Crippen molar-refractivity contribution in [1.29, 1.82) is 0 Å². The van der Waals surface area contributed by atoms with Crippen molar-refractivity contribution in [3.8, 4) is 11.5 Å². The number of esters is 2. The largest absolute Gasteiger partial charge is 0.493 e. The van der Waals surface area contributed by atoms with E-state index in [0.29, 0.717) is 16.7 Å². The molecule has 29 heavy (non-hydrogen) atoms. The zero-order valence-electron chi connectivity index (χ0n) is 15.3. The summed E-state index contributed by atoms with van der Waals surface area (Å²) in [7, 11) is 2.58. The number of aliphatic imine (C=N–C) groups is 1. The van der Waals surface area contributed by atoms with E-state index >= 15 is 0 Å². The topological polar surface area (TPSA) is 83.4 Å². The summed E-state index contributed by atoms with van der Waals surface area (Å²) < 4.78 is 44.0. The summed E-state index contributed by atoms with van der Waals surface area (Å²) >= 11 is 0. The van der Waals surface area contributed by atoms with Gasteiger partial charge in [-0.05, 0) is 42.0 Å². The van der Waals surface area contributed by atoms with Gasteiger partial charge < -0.3 is 18.9 Å². The third-order valence-corrected chi connectivity index (χ3v) is 3.88. The second kappa shape index (κ2) is 8.51. The average molecular weight is 403 g/mol. The van der Waals surface area contributed by atoms with Crippen molar-refractivity contribution in [2.24, 2.45) is 4.99 Å². The second-order valence-electron chi connectivity index (χ2n) is 5.69. The maximum atomic E-state index is 12.4. The Bertz CT molecular complexity index is 999. The highest BCUT2D eigenvalue weighted by molar-refractivity contribution is 6.13. The second-order valence-corrected chi connectivity index (χ2v) is 5.69. The Morgan fingerprint density at radius 2 is 1.83 bits per heavy atom. The van der Waals surface area contributed by atoms with Crippen LogP contribution in [0.4, 0.5) is 8.78 Å². The number of rotatable bonds is 6. The number of benzene rings is 2. The fraction of sp³-hybridized carbons (Fsp3) is 0.150. The Morgan fingerprint density at radius 3 is 2.45 bits per heavy atom. The van der Waals surface area contributed by atoms with Crippen LogP contribution in [0.15, 0.2) is 53.2 Å². The number of alkyl halides is 2. The number of nitrogens with zero attached hydrogens (tertiary/aromatic N) is 1. The van der Waals surface area contributed by atoms with E-state index in [1.807, 2.05) is 0 Å². The fourth-order valence-corrected chi connectivity index (χ4v) is 2.52. The van der Waals surface area contributed by atoms with Gasteiger partial charge >= 0.3 is 18.6 Å². The fourth-order valence-electron chi connectivity index (χ4n) is 2.52. The van der Waals surface area contributed by atoms with Gasteiger partial charge in [-0.1, -0.05) is 12.1 Å². The van der Waals surface area contributed by atoms with Crippen molar-refractivity contribution in [3.05, 3.63) is 64.9 Å². The lowest BCUT2D eigenvalue weighted by Gasteiger charge is -2.10. The molecule has 0 spiro atoms. The monoisotopic (exact) mass is 403 g/mol. The molecule has 2 aromatic rings. The van der Waals surface area contributed by atoms with Crippen LogP contribution >= 0.6 is 0 Å². The van der Waals surface area contributed by atoms with E-state index in [2.05, 4.69) is 14.5 Å². The smallest absolute Gasteiger partial charge is 0.387 e. The maximum Gasteiger partial charge on any atom is 0.387 e. The third-order valence-electron chi connectivity index (χ3n) is 3.88. The Hall–Kier alpha value is -3.75. The molecule has 9 heteroatoms. The minimum Gasteiger partial charge on any atom is -0.493 e. The lowest BCUT2D eigenvalue weighted by Crippen LogP contribution is -2.07. The molecule has 0 saturated heterocycles. The Labute approximate surface area is 164 Å². The molecule has 0 aliphatic carbocycles. The van der Waals surface area contributed by atoms with Gasteiger partial charge in [-0.2, -0.15) is 8.78 Å². The molecule has 0 bridgehead atoms. The van der Waals surface area contributed by atoms with Gasteiger partial charge in [-0.15, -0.1) is 0 Å². The molecule has 0 atom stereocenters. The summed E-state index contributed by atoms with van der Waals surface area (Å²) in [4.78, 5) is 27.7. The SMILES string of the molecule is COC(=O)c1ccc(/C=C2\N=C(c3ccc(OC(F)F)c(OC)c3)OC2=O)cc1. The first-order valence-corrected chi connectivity index (χ1v) is 8.25.